The number of aromatic amines is 1. The molecule has 0 aliphatic heterocycles. The minimum absolute atomic E-state index is 0.0324. The number of aromatic nitrogens is 5. The van der Waals surface area contributed by atoms with Crippen LogP contribution in [-0.4, -0.2) is 45.4 Å². The Morgan fingerprint density at radius 2 is 1.87 bits per heavy atom. The van der Waals surface area contributed by atoms with E-state index in [2.05, 4.69) is 30.5 Å². The molecule has 4 rings (SSSR count). The van der Waals surface area contributed by atoms with E-state index in [1.165, 1.54) is 25.6 Å². The molecule has 30 heavy (non-hydrogen) atoms. The third kappa shape index (κ3) is 3.20. The number of hydrogen-bond donors (Lipinski definition) is 2. The molecule has 0 saturated heterocycles. The van der Waals surface area contributed by atoms with E-state index < -0.39 is 20.4 Å². The molecular weight excluding hydrogens is 411 g/mol. The lowest BCUT2D eigenvalue weighted by Gasteiger charge is -2.21. The highest BCUT2D eigenvalue weighted by atomic mass is 32.2. The van der Waals surface area contributed by atoms with Crippen molar-refractivity contribution in [1.82, 2.24) is 25.1 Å². The van der Waals surface area contributed by atoms with Crippen LogP contribution >= 0.6 is 0 Å². The first kappa shape index (κ1) is 20.0. The summed E-state index contributed by atoms with van der Waals surface area (Å²) in [6, 6.07) is 4.32. The normalized spacial score (nSPS) is 12.4. The number of rotatable bonds is 4. The van der Waals surface area contributed by atoms with E-state index in [1.54, 1.807) is 26.8 Å². The molecule has 0 amide bonds. The largest absolute Gasteiger partial charge is 0.495 e. The molecule has 3 aromatic heterocycles. The maximum Gasteiger partial charge on any atom is 0.186 e. The number of halogens is 1. The van der Waals surface area contributed by atoms with E-state index in [4.69, 9.17) is 4.74 Å². The number of ether oxygens (including phenoxy) is 1. The first-order valence-electron chi connectivity index (χ1n) is 8.96. The van der Waals surface area contributed by atoms with Crippen molar-refractivity contribution in [2.24, 2.45) is 0 Å². The molecule has 0 atom stereocenters. The van der Waals surface area contributed by atoms with E-state index in [1.807, 2.05) is 0 Å². The van der Waals surface area contributed by atoms with E-state index in [0.29, 0.717) is 33.6 Å². The summed E-state index contributed by atoms with van der Waals surface area (Å²) < 4.78 is 44.1. The van der Waals surface area contributed by atoms with Crippen LogP contribution in [0.3, 0.4) is 0 Å². The Bertz CT molecular complexity index is 1380. The number of anilines is 2. The zero-order valence-corrected chi connectivity index (χ0v) is 17.5. The molecule has 156 valence electrons. The van der Waals surface area contributed by atoms with Crippen LogP contribution in [-0.2, 0) is 9.84 Å². The van der Waals surface area contributed by atoms with Gasteiger partial charge in [0.1, 0.15) is 34.4 Å². The summed E-state index contributed by atoms with van der Waals surface area (Å²) >= 11 is 0. The molecule has 4 aromatic rings. The zero-order chi connectivity index (χ0) is 21.7. The van der Waals surface area contributed by atoms with E-state index in [9.17, 15) is 12.8 Å². The Balaban J connectivity index is 1.91. The van der Waals surface area contributed by atoms with E-state index in [-0.39, 0.29) is 10.6 Å². The Morgan fingerprint density at radius 1 is 1.10 bits per heavy atom. The highest BCUT2D eigenvalue weighted by Gasteiger charge is 2.34. The topological polar surface area (TPSA) is 123 Å². The standard InChI is InChI=1S/C19H19FN6O3S/c1-19(2,3)30(27,28)15-6-11-13(7-14(15)29-4)22-9-23-16(11)24-18-12-5-10(20)8-21-17(12)25-26-18/h5-9H,1-4H3,(H2,21,22,23,24,25,26). The molecular formula is C19H19FN6O3S. The van der Waals surface area contributed by atoms with Gasteiger partial charge in [0.2, 0.25) is 0 Å². The molecule has 0 fully saturated rings. The predicted molar refractivity (Wildman–Crippen MR) is 110 cm³/mol. The van der Waals surface area contributed by atoms with Crippen LogP contribution < -0.4 is 10.1 Å². The number of H-pyrrole nitrogens is 1. The molecule has 0 aliphatic rings. The molecule has 0 unspecified atom stereocenters. The van der Waals surface area contributed by atoms with Gasteiger partial charge in [0, 0.05) is 11.5 Å². The molecule has 2 N–H and O–H groups in total. The second kappa shape index (κ2) is 6.87. The van der Waals surface area contributed by atoms with Gasteiger partial charge in [-0.2, -0.15) is 5.10 Å². The van der Waals surface area contributed by atoms with Gasteiger partial charge in [0.15, 0.2) is 15.5 Å². The van der Waals surface area contributed by atoms with Crippen molar-refractivity contribution in [1.29, 1.82) is 0 Å². The lowest BCUT2D eigenvalue weighted by molar-refractivity contribution is 0.402. The number of sulfone groups is 1. The van der Waals surface area contributed by atoms with Gasteiger partial charge in [0.25, 0.3) is 0 Å². The Labute approximate surface area is 171 Å². The van der Waals surface area contributed by atoms with Crippen LogP contribution in [0.1, 0.15) is 20.8 Å². The van der Waals surface area contributed by atoms with Gasteiger partial charge in [-0.3, -0.25) is 5.10 Å². The van der Waals surface area contributed by atoms with Crippen LogP contribution in [0.25, 0.3) is 21.9 Å². The molecule has 0 saturated carbocycles. The van der Waals surface area contributed by atoms with Crippen LogP contribution in [0, 0.1) is 5.82 Å². The summed E-state index contributed by atoms with van der Waals surface area (Å²) in [5, 5.41) is 10.7. The van der Waals surface area contributed by atoms with Gasteiger partial charge >= 0.3 is 0 Å². The summed E-state index contributed by atoms with van der Waals surface area (Å²) in [5.41, 5.74) is 0.806. The smallest absolute Gasteiger partial charge is 0.186 e. The zero-order valence-electron chi connectivity index (χ0n) is 16.7. The van der Waals surface area contributed by atoms with Crippen molar-refractivity contribution >= 4 is 43.4 Å². The van der Waals surface area contributed by atoms with Crippen molar-refractivity contribution in [3.05, 3.63) is 36.5 Å². The predicted octanol–water partition coefficient (Wildman–Crippen LogP) is 3.36. The second-order valence-corrected chi connectivity index (χ2v) is 10.3. The molecule has 0 spiro atoms. The van der Waals surface area contributed by atoms with Gasteiger partial charge in [0.05, 0.1) is 29.0 Å². The molecule has 3 heterocycles. The van der Waals surface area contributed by atoms with Crippen LogP contribution in [0.5, 0.6) is 5.75 Å². The van der Waals surface area contributed by atoms with Crippen LogP contribution in [0.4, 0.5) is 16.0 Å². The van der Waals surface area contributed by atoms with Gasteiger partial charge in [-0.05, 0) is 32.9 Å². The minimum atomic E-state index is -3.72. The first-order chi connectivity index (χ1) is 14.1. The summed E-state index contributed by atoms with van der Waals surface area (Å²) in [7, 11) is -2.31. The number of fused-ring (bicyclic) bond motifs is 2. The van der Waals surface area contributed by atoms with Crippen LogP contribution in [0.2, 0.25) is 0 Å². The Hall–Kier alpha value is -3.34. The third-order valence-corrected chi connectivity index (χ3v) is 7.15. The summed E-state index contributed by atoms with van der Waals surface area (Å²) in [6.45, 7) is 4.85. The second-order valence-electron chi connectivity index (χ2n) is 7.61. The maximum atomic E-state index is 13.6. The van der Waals surface area contributed by atoms with Gasteiger partial charge < -0.3 is 10.1 Å². The fourth-order valence-corrected chi connectivity index (χ4v) is 4.29. The van der Waals surface area contributed by atoms with Crippen LogP contribution in [0.15, 0.2) is 35.6 Å². The number of methoxy groups -OCH3 is 1. The molecule has 1 aromatic carbocycles. The van der Waals surface area contributed by atoms with Crippen molar-refractivity contribution < 1.29 is 17.5 Å². The number of benzene rings is 1. The van der Waals surface area contributed by atoms with Crippen molar-refractivity contribution in [3.8, 4) is 5.75 Å². The Morgan fingerprint density at radius 3 is 2.57 bits per heavy atom. The van der Waals surface area contributed by atoms with Gasteiger partial charge in [-0.15, -0.1) is 0 Å². The SMILES string of the molecule is COc1cc2ncnc(Nc3[nH]nc4ncc(F)cc34)c2cc1S(=O)(=O)C(C)(C)C. The molecule has 9 nitrogen and oxygen atoms in total. The fourth-order valence-electron chi connectivity index (χ4n) is 2.95. The van der Waals surface area contributed by atoms with Crippen molar-refractivity contribution in [2.75, 3.05) is 12.4 Å². The van der Waals surface area contributed by atoms with Gasteiger partial charge in [-0.1, -0.05) is 0 Å². The highest BCUT2D eigenvalue weighted by molar-refractivity contribution is 7.92. The molecule has 11 heteroatoms. The summed E-state index contributed by atoms with van der Waals surface area (Å²) in [6.07, 6.45) is 2.41. The highest BCUT2D eigenvalue weighted by Crippen LogP contribution is 2.37. The lowest BCUT2D eigenvalue weighted by Crippen LogP contribution is -2.28. The lowest BCUT2D eigenvalue weighted by atomic mass is 10.2. The number of nitrogens with one attached hydrogen (secondary N) is 2. The summed E-state index contributed by atoms with van der Waals surface area (Å²) in [5.74, 6) is 0.374. The average Bonchev–Trinajstić information content (AvgIpc) is 3.08. The average molecular weight is 430 g/mol. The van der Waals surface area contributed by atoms with E-state index >= 15 is 0 Å². The van der Waals surface area contributed by atoms with Crippen molar-refractivity contribution in [2.45, 2.75) is 30.4 Å². The number of pyridine rings is 1. The molecule has 0 bridgehead atoms. The van der Waals surface area contributed by atoms with Crippen molar-refractivity contribution in [3.63, 3.8) is 0 Å². The quantitative estimate of drug-likeness (QED) is 0.505. The maximum absolute atomic E-state index is 13.6. The molecule has 0 radical (unpaired) electrons. The number of nitrogens with zero attached hydrogens (tertiary/aromatic N) is 4. The molecule has 0 aliphatic carbocycles. The Kier molecular flexibility index (Phi) is 4.57. The van der Waals surface area contributed by atoms with E-state index in [0.717, 1.165) is 6.20 Å². The fraction of sp³-hybridized carbons (Fsp3) is 0.263. The number of hydrogen-bond acceptors (Lipinski definition) is 8. The van der Waals surface area contributed by atoms with Gasteiger partial charge in [-0.25, -0.2) is 27.8 Å². The summed E-state index contributed by atoms with van der Waals surface area (Å²) in [4.78, 5) is 12.4. The monoisotopic (exact) mass is 430 g/mol. The minimum Gasteiger partial charge on any atom is -0.495 e. The first-order valence-corrected chi connectivity index (χ1v) is 10.4. The third-order valence-electron chi connectivity index (χ3n) is 4.64.